The molecular formula is C20H21N5O3S. The molecule has 1 atom stereocenters. The number of rotatable bonds is 6. The SMILES string of the molecule is COc1ccc(-c2nnc(SC(C)C(=O)NC(N)=O)n2-c2ccc(C)cc2)cc1. The summed E-state index contributed by atoms with van der Waals surface area (Å²) < 4.78 is 7.09. The van der Waals surface area contributed by atoms with Gasteiger partial charge in [-0.3, -0.25) is 14.7 Å². The monoisotopic (exact) mass is 411 g/mol. The molecular weight excluding hydrogens is 390 g/mol. The van der Waals surface area contributed by atoms with Crippen LogP contribution in [0.4, 0.5) is 4.79 Å². The summed E-state index contributed by atoms with van der Waals surface area (Å²) in [5.74, 6) is 0.870. The Balaban J connectivity index is 2.02. The normalized spacial score (nSPS) is 11.7. The van der Waals surface area contributed by atoms with Gasteiger partial charge in [-0.25, -0.2) is 4.79 Å². The van der Waals surface area contributed by atoms with E-state index in [1.165, 1.54) is 11.8 Å². The van der Waals surface area contributed by atoms with E-state index in [0.29, 0.717) is 11.0 Å². The molecule has 2 aromatic carbocycles. The number of hydrogen-bond acceptors (Lipinski definition) is 6. The number of primary amides is 1. The summed E-state index contributed by atoms with van der Waals surface area (Å²) >= 11 is 1.19. The fourth-order valence-corrected chi connectivity index (χ4v) is 3.50. The molecule has 1 aromatic heterocycles. The number of hydrogen-bond donors (Lipinski definition) is 2. The number of carbonyl (C=O) groups excluding carboxylic acids is 2. The largest absolute Gasteiger partial charge is 0.497 e. The van der Waals surface area contributed by atoms with Crippen LogP contribution in [0.25, 0.3) is 17.1 Å². The van der Waals surface area contributed by atoms with Crippen molar-refractivity contribution in [2.75, 3.05) is 7.11 Å². The Morgan fingerprint density at radius 1 is 1.10 bits per heavy atom. The number of amides is 3. The van der Waals surface area contributed by atoms with E-state index in [9.17, 15) is 9.59 Å². The minimum Gasteiger partial charge on any atom is -0.497 e. The lowest BCUT2D eigenvalue weighted by Gasteiger charge is -2.13. The maximum Gasteiger partial charge on any atom is 0.318 e. The average Bonchev–Trinajstić information content (AvgIpc) is 3.11. The number of nitrogens with one attached hydrogen (secondary N) is 1. The third-order valence-corrected chi connectivity index (χ3v) is 5.21. The molecule has 8 nitrogen and oxygen atoms in total. The quantitative estimate of drug-likeness (QED) is 0.603. The third kappa shape index (κ3) is 4.75. The molecule has 0 aliphatic rings. The van der Waals surface area contributed by atoms with Crippen LogP contribution in [-0.2, 0) is 4.79 Å². The lowest BCUT2D eigenvalue weighted by Crippen LogP contribution is -2.39. The van der Waals surface area contributed by atoms with E-state index in [0.717, 1.165) is 22.6 Å². The van der Waals surface area contributed by atoms with Crippen molar-refractivity contribution in [1.82, 2.24) is 20.1 Å². The summed E-state index contributed by atoms with van der Waals surface area (Å²) in [5.41, 5.74) is 7.87. The number of ether oxygens (including phenoxy) is 1. The van der Waals surface area contributed by atoms with Crippen molar-refractivity contribution in [2.24, 2.45) is 5.73 Å². The molecule has 29 heavy (non-hydrogen) atoms. The van der Waals surface area contributed by atoms with Crippen LogP contribution >= 0.6 is 11.8 Å². The average molecular weight is 411 g/mol. The molecule has 3 rings (SSSR count). The number of methoxy groups -OCH3 is 1. The molecule has 0 radical (unpaired) electrons. The van der Waals surface area contributed by atoms with Gasteiger partial charge in [0.25, 0.3) is 0 Å². The molecule has 0 aliphatic carbocycles. The minimum atomic E-state index is -0.888. The van der Waals surface area contributed by atoms with E-state index in [-0.39, 0.29) is 0 Å². The number of aryl methyl sites for hydroxylation is 1. The second kappa shape index (κ2) is 8.78. The Labute approximate surface area is 172 Å². The van der Waals surface area contributed by atoms with Crippen molar-refractivity contribution >= 4 is 23.7 Å². The van der Waals surface area contributed by atoms with Crippen LogP contribution < -0.4 is 15.8 Å². The standard InChI is InChI=1S/C20H21N5O3S/c1-12-4-8-15(9-5-12)25-17(14-6-10-16(28-3)11-7-14)23-24-20(25)29-13(2)18(26)22-19(21)27/h4-11,13H,1-3H3,(H3,21,22,26,27). The van der Waals surface area contributed by atoms with E-state index in [1.807, 2.05) is 60.0 Å². The van der Waals surface area contributed by atoms with E-state index >= 15 is 0 Å². The summed E-state index contributed by atoms with van der Waals surface area (Å²) in [6.45, 7) is 3.68. The first-order chi connectivity index (χ1) is 13.9. The van der Waals surface area contributed by atoms with E-state index in [1.54, 1.807) is 14.0 Å². The van der Waals surface area contributed by atoms with E-state index in [2.05, 4.69) is 15.5 Å². The van der Waals surface area contributed by atoms with Gasteiger partial charge in [0.2, 0.25) is 5.91 Å². The molecule has 3 N–H and O–H groups in total. The zero-order chi connectivity index (χ0) is 21.0. The van der Waals surface area contributed by atoms with Gasteiger partial charge in [-0.15, -0.1) is 10.2 Å². The van der Waals surface area contributed by atoms with Gasteiger partial charge >= 0.3 is 6.03 Å². The van der Waals surface area contributed by atoms with Gasteiger partial charge in [0.15, 0.2) is 11.0 Å². The summed E-state index contributed by atoms with van der Waals surface area (Å²) in [6.07, 6.45) is 0. The highest BCUT2D eigenvalue weighted by Crippen LogP contribution is 2.31. The topological polar surface area (TPSA) is 112 Å². The van der Waals surface area contributed by atoms with Gasteiger partial charge in [0.1, 0.15) is 5.75 Å². The number of aromatic nitrogens is 3. The van der Waals surface area contributed by atoms with Gasteiger partial charge in [0, 0.05) is 11.3 Å². The molecule has 3 aromatic rings. The molecule has 1 heterocycles. The lowest BCUT2D eigenvalue weighted by atomic mass is 10.2. The van der Waals surface area contributed by atoms with E-state index < -0.39 is 17.2 Å². The predicted molar refractivity (Wildman–Crippen MR) is 111 cm³/mol. The Morgan fingerprint density at radius 2 is 1.76 bits per heavy atom. The Bertz CT molecular complexity index is 1020. The highest BCUT2D eigenvalue weighted by molar-refractivity contribution is 8.00. The van der Waals surface area contributed by atoms with Crippen LogP contribution in [-0.4, -0.2) is 39.1 Å². The second-order valence-corrected chi connectivity index (χ2v) is 7.63. The van der Waals surface area contributed by atoms with Crippen molar-refractivity contribution in [3.05, 3.63) is 54.1 Å². The highest BCUT2D eigenvalue weighted by Gasteiger charge is 2.22. The number of thioether (sulfide) groups is 1. The van der Waals surface area contributed by atoms with Gasteiger partial charge in [-0.2, -0.15) is 0 Å². The predicted octanol–water partition coefficient (Wildman–Crippen LogP) is 2.93. The highest BCUT2D eigenvalue weighted by atomic mass is 32.2. The Morgan fingerprint density at radius 3 is 2.34 bits per heavy atom. The van der Waals surface area contributed by atoms with Crippen LogP contribution in [0.15, 0.2) is 53.7 Å². The van der Waals surface area contributed by atoms with Crippen LogP contribution in [0.5, 0.6) is 5.75 Å². The summed E-state index contributed by atoms with van der Waals surface area (Å²) in [6, 6.07) is 14.5. The number of carbonyl (C=O) groups is 2. The van der Waals surface area contributed by atoms with Crippen molar-refractivity contribution in [2.45, 2.75) is 24.3 Å². The summed E-state index contributed by atoms with van der Waals surface area (Å²) in [4.78, 5) is 23.1. The van der Waals surface area contributed by atoms with Crippen LogP contribution in [0, 0.1) is 6.92 Å². The number of benzene rings is 2. The molecule has 0 bridgehead atoms. The maximum atomic E-state index is 12.1. The second-order valence-electron chi connectivity index (χ2n) is 6.32. The first-order valence-electron chi connectivity index (χ1n) is 8.83. The molecule has 0 aliphatic heterocycles. The molecule has 150 valence electrons. The zero-order valence-electron chi connectivity index (χ0n) is 16.2. The first-order valence-corrected chi connectivity index (χ1v) is 9.71. The van der Waals surface area contributed by atoms with Gasteiger partial charge in [-0.1, -0.05) is 29.5 Å². The van der Waals surface area contributed by atoms with Crippen molar-refractivity contribution in [3.8, 4) is 22.8 Å². The summed E-state index contributed by atoms with van der Waals surface area (Å²) in [7, 11) is 1.61. The minimum absolute atomic E-state index is 0.494. The zero-order valence-corrected chi connectivity index (χ0v) is 17.1. The van der Waals surface area contributed by atoms with Gasteiger partial charge in [-0.05, 0) is 50.2 Å². The van der Waals surface area contributed by atoms with Crippen LogP contribution in [0.2, 0.25) is 0 Å². The molecule has 9 heteroatoms. The molecule has 3 amide bonds. The number of nitrogens with zero attached hydrogens (tertiary/aromatic N) is 3. The molecule has 0 fully saturated rings. The number of urea groups is 1. The number of nitrogens with two attached hydrogens (primary N) is 1. The van der Waals surface area contributed by atoms with Crippen LogP contribution in [0.1, 0.15) is 12.5 Å². The molecule has 0 spiro atoms. The molecule has 0 saturated heterocycles. The lowest BCUT2D eigenvalue weighted by molar-refractivity contribution is -0.119. The van der Waals surface area contributed by atoms with Crippen molar-refractivity contribution < 1.29 is 14.3 Å². The third-order valence-electron chi connectivity index (χ3n) is 4.17. The molecule has 1 unspecified atom stereocenters. The van der Waals surface area contributed by atoms with E-state index in [4.69, 9.17) is 10.5 Å². The first kappa shape index (κ1) is 20.4. The van der Waals surface area contributed by atoms with Gasteiger partial charge in [0.05, 0.1) is 12.4 Å². The number of imide groups is 1. The molecule has 0 saturated carbocycles. The summed E-state index contributed by atoms with van der Waals surface area (Å²) in [5, 5.41) is 10.6. The van der Waals surface area contributed by atoms with Crippen LogP contribution in [0.3, 0.4) is 0 Å². The van der Waals surface area contributed by atoms with Gasteiger partial charge < -0.3 is 10.5 Å². The van der Waals surface area contributed by atoms with Crippen molar-refractivity contribution in [1.29, 1.82) is 0 Å². The Hall–Kier alpha value is -3.33. The fourth-order valence-electron chi connectivity index (χ4n) is 2.63. The maximum absolute atomic E-state index is 12.1. The van der Waals surface area contributed by atoms with Crippen molar-refractivity contribution in [3.63, 3.8) is 0 Å². The Kier molecular flexibility index (Phi) is 6.18. The fraction of sp³-hybridized carbons (Fsp3) is 0.200. The smallest absolute Gasteiger partial charge is 0.318 e.